The second-order valence-corrected chi connectivity index (χ2v) is 8.67. The van der Waals surface area contributed by atoms with Gasteiger partial charge in [0, 0.05) is 21.3 Å². The van der Waals surface area contributed by atoms with Crippen molar-refractivity contribution in [2.24, 2.45) is 0 Å². The fourth-order valence-electron chi connectivity index (χ4n) is 3.26. The first-order valence-electron chi connectivity index (χ1n) is 8.34. The van der Waals surface area contributed by atoms with Crippen LogP contribution in [0.25, 0.3) is 0 Å². The standard InChI is InChI=1S/C19H15IN2O4S/c20-12-5-1-2-6-13(12)21-16(23)11-26-18(25)19-10-9-17(24)22(19)14-7-3-4-8-15(14)27-19/h1-8H,9-11H2,(H,21,23)/t19-/m0/s1. The highest BCUT2D eigenvalue weighted by molar-refractivity contribution is 14.1. The van der Waals surface area contributed by atoms with E-state index in [1.54, 1.807) is 6.07 Å². The Balaban J connectivity index is 1.46. The van der Waals surface area contributed by atoms with Crippen LogP contribution in [0.15, 0.2) is 53.4 Å². The molecule has 1 fully saturated rings. The molecule has 0 aliphatic carbocycles. The van der Waals surface area contributed by atoms with E-state index in [2.05, 4.69) is 27.9 Å². The number of nitrogens with zero attached hydrogens (tertiary/aromatic N) is 1. The van der Waals surface area contributed by atoms with Crippen LogP contribution >= 0.6 is 34.4 Å². The van der Waals surface area contributed by atoms with E-state index in [0.717, 1.165) is 14.2 Å². The summed E-state index contributed by atoms with van der Waals surface area (Å²) in [5.74, 6) is -1.08. The smallest absolute Gasteiger partial charge is 0.344 e. The Morgan fingerprint density at radius 2 is 1.93 bits per heavy atom. The molecule has 4 rings (SSSR count). The number of halogens is 1. The van der Waals surface area contributed by atoms with Gasteiger partial charge in [-0.2, -0.15) is 0 Å². The summed E-state index contributed by atoms with van der Waals surface area (Å²) >= 11 is 3.44. The highest BCUT2D eigenvalue weighted by Gasteiger charge is 2.58. The zero-order chi connectivity index (χ0) is 19.0. The zero-order valence-electron chi connectivity index (χ0n) is 14.1. The molecule has 0 saturated carbocycles. The molecule has 2 heterocycles. The maximum atomic E-state index is 12.9. The van der Waals surface area contributed by atoms with Gasteiger partial charge in [0.2, 0.25) is 5.91 Å². The number of hydrogen-bond donors (Lipinski definition) is 1. The first-order chi connectivity index (χ1) is 13.0. The SMILES string of the molecule is O=C(COC(=O)[C@@]12CCC(=O)N1c1ccccc1S2)Nc1ccccc1I. The molecule has 0 aromatic heterocycles. The number of carbonyl (C=O) groups excluding carboxylic acids is 3. The van der Waals surface area contributed by atoms with Crippen LogP contribution in [0.5, 0.6) is 0 Å². The number of rotatable bonds is 4. The van der Waals surface area contributed by atoms with Crippen LogP contribution in [0.4, 0.5) is 11.4 Å². The van der Waals surface area contributed by atoms with Crippen LogP contribution in [0, 0.1) is 3.57 Å². The van der Waals surface area contributed by atoms with Gasteiger partial charge < -0.3 is 10.1 Å². The maximum absolute atomic E-state index is 12.9. The van der Waals surface area contributed by atoms with Crippen LogP contribution in [0.3, 0.4) is 0 Å². The molecule has 0 bridgehead atoms. The van der Waals surface area contributed by atoms with Crippen molar-refractivity contribution in [2.75, 3.05) is 16.8 Å². The Morgan fingerprint density at radius 3 is 2.74 bits per heavy atom. The minimum Gasteiger partial charge on any atom is -0.453 e. The quantitative estimate of drug-likeness (QED) is 0.521. The van der Waals surface area contributed by atoms with E-state index in [9.17, 15) is 14.4 Å². The van der Waals surface area contributed by atoms with Gasteiger partial charge in [-0.25, -0.2) is 4.79 Å². The van der Waals surface area contributed by atoms with Crippen LogP contribution in [-0.2, 0) is 19.1 Å². The number of benzene rings is 2. The van der Waals surface area contributed by atoms with Crippen molar-refractivity contribution in [3.05, 3.63) is 52.1 Å². The van der Waals surface area contributed by atoms with Crippen molar-refractivity contribution in [3.8, 4) is 0 Å². The first kappa shape index (κ1) is 18.3. The van der Waals surface area contributed by atoms with Crippen LogP contribution in [0.1, 0.15) is 12.8 Å². The molecule has 27 heavy (non-hydrogen) atoms. The Morgan fingerprint density at radius 1 is 1.19 bits per heavy atom. The van der Waals surface area contributed by atoms with Gasteiger partial charge in [0.15, 0.2) is 11.5 Å². The number of ether oxygens (including phenoxy) is 1. The molecule has 0 spiro atoms. The topological polar surface area (TPSA) is 75.7 Å². The number of fused-ring (bicyclic) bond motifs is 3. The van der Waals surface area contributed by atoms with Gasteiger partial charge in [0.05, 0.1) is 11.4 Å². The second-order valence-electron chi connectivity index (χ2n) is 6.19. The summed E-state index contributed by atoms with van der Waals surface area (Å²) in [6.45, 7) is -0.398. The molecule has 1 atom stereocenters. The summed E-state index contributed by atoms with van der Waals surface area (Å²) in [5, 5.41) is 2.73. The molecule has 1 saturated heterocycles. The van der Waals surface area contributed by atoms with Gasteiger partial charge in [0.25, 0.3) is 5.91 Å². The van der Waals surface area contributed by atoms with E-state index in [1.165, 1.54) is 16.7 Å². The normalized spacial score (nSPS) is 20.2. The van der Waals surface area contributed by atoms with Gasteiger partial charge in [-0.3, -0.25) is 14.5 Å². The fraction of sp³-hybridized carbons (Fsp3) is 0.211. The van der Waals surface area contributed by atoms with Gasteiger partial charge in [0.1, 0.15) is 0 Å². The number of nitrogens with one attached hydrogen (secondary N) is 1. The van der Waals surface area contributed by atoms with Gasteiger partial charge in [-0.05, 0) is 46.9 Å². The van der Waals surface area contributed by atoms with Gasteiger partial charge >= 0.3 is 5.97 Å². The molecule has 2 aliphatic heterocycles. The molecule has 0 radical (unpaired) electrons. The van der Waals surface area contributed by atoms with E-state index < -0.39 is 23.4 Å². The van der Waals surface area contributed by atoms with Gasteiger partial charge in [-0.1, -0.05) is 36.0 Å². The van der Waals surface area contributed by atoms with Crippen molar-refractivity contribution in [1.29, 1.82) is 0 Å². The fourth-order valence-corrected chi connectivity index (χ4v) is 5.20. The van der Waals surface area contributed by atoms with E-state index in [0.29, 0.717) is 12.1 Å². The summed E-state index contributed by atoms with van der Waals surface area (Å²) in [4.78, 5) is 38.7. The molecule has 6 nitrogen and oxygen atoms in total. The van der Waals surface area contributed by atoms with E-state index in [-0.39, 0.29) is 12.3 Å². The predicted octanol–water partition coefficient (Wildman–Crippen LogP) is 3.40. The summed E-state index contributed by atoms with van der Waals surface area (Å²) < 4.78 is 6.21. The van der Waals surface area contributed by atoms with E-state index in [1.807, 2.05) is 42.5 Å². The molecular weight excluding hydrogens is 479 g/mol. The number of amides is 2. The van der Waals surface area contributed by atoms with Gasteiger partial charge in [-0.15, -0.1) is 0 Å². The minimum atomic E-state index is -1.11. The summed E-state index contributed by atoms with van der Waals surface area (Å²) in [6.07, 6.45) is 0.646. The van der Waals surface area contributed by atoms with Crippen LogP contribution < -0.4 is 10.2 Å². The molecule has 2 amide bonds. The number of para-hydroxylation sites is 2. The number of carbonyl (C=O) groups is 3. The molecular formula is C19H15IN2O4S. The number of anilines is 2. The highest BCUT2D eigenvalue weighted by atomic mass is 127. The molecule has 2 aromatic rings. The lowest BCUT2D eigenvalue weighted by molar-refractivity contribution is -0.149. The van der Waals surface area contributed by atoms with Crippen molar-refractivity contribution in [1.82, 2.24) is 0 Å². The maximum Gasteiger partial charge on any atom is 0.344 e. The Hall–Kier alpha value is -2.07. The van der Waals surface area contributed by atoms with E-state index in [4.69, 9.17) is 4.74 Å². The van der Waals surface area contributed by atoms with Crippen LogP contribution in [0.2, 0.25) is 0 Å². The average molecular weight is 494 g/mol. The number of thioether (sulfide) groups is 1. The third kappa shape index (κ3) is 3.20. The Labute approximate surface area is 173 Å². The lowest BCUT2D eigenvalue weighted by Gasteiger charge is -2.28. The molecule has 1 N–H and O–H groups in total. The van der Waals surface area contributed by atoms with Crippen LogP contribution in [-0.4, -0.2) is 29.3 Å². The lowest BCUT2D eigenvalue weighted by Crippen LogP contribution is -2.48. The molecule has 2 aromatic carbocycles. The second kappa shape index (κ2) is 7.16. The first-order valence-corrected chi connectivity index (χ1v) is 10.2. The van der Waals surface area contributed by atoms with Crippen molar-refractivity contribution < 1.29 is 19.1 Å². The number of esters is 1. The van der Waals surface area contributed by atoms with E-state index >= 15 is 0 Å². The molecule has 2 aliphatic rings. The van der Waals surface area contributed by atoms with Crippen molar-refractivity contribution in [3.63, 3.8) is 0 Å². The zero-order valence-corrected chi connectivity index (χ0v) is 17.1. The predicted molar refractivity (Wildman–Crippen MR) is 110 cm³/mol. The Bertz CT molecular complexity index is 951. The minimum absolute atomic E-state index is 0.104. The van der Waals surface area contributed by atoms with Crippen molar-refractivity contribution >= 4 is 63.5 Å². The monoisotopic (exact) mass is 494 g/mol. The average Bonchev–Trinajstić information content (AvgIpc) is 3.17. The summed E-state index contributed by atoms with van der Waals surface area (Å²) in [5.41, 5.74) is 1.39. The molecule has 8 heteroatoms. The highest BCUT2D eigenvalue weighted by Crippen LogP contribution is 2.56. The van der Waals surface area contributed by atoms with Crippen molar-refractivity contribution in [2.45, 2.75) is 22.6 Å². The third-order valence-electron chi connectivity index (χ3n) is 4.47. The lowest BCUT2D eigenvalue weighted by atomic mass is 10.2. The Kier molecular flexibility index (Phi) is 4.85. The molecule has 138 valence electrons. The molecule has 0 unspecified atom stereocenters. The largest absolute Gasteiger partial charge is 0.453 e. The summed E-state index contributed by atoms with van der Waals surface area (Å²) in [6, 6.07) is 14.7. The third-order valence-corrected chi connectivity index (χ3v) is 6.87. The summed E-state index contributed by atoms with van der Waals surface area (Å²) in [7, 11) is 0. The number of hydrogen-bond acceptors (Lipinski definition) is 5.